The van der Waals surface area contributed by atoms with Gasteiger partial charge in [0, 0.05) is 29.6 Å². The number of halogens is 1. The molecule has 2 aromatic rings. The molecule has 1 N–H and O–H groups in total. The summed E-state index contributed by atoms with van der Waals surface area (Å²) in [4.78, 5) is 14.7. The van der Waals surface area contributed by atoms with Crippen LogP contribution in [0.5, 0.6) is 0 Å². The summed E-state index contributed by atoms with van der Waals surface area (Å²) in [5.41, 5.74) is 0.671. The molecule has 2 aromatic carbocycles. The van der Waals surface area contributed by atoms with Gasteiger partial charge in [0.1, 0.15) is 0 Å². The minimum atomic E-state index is -3.48. The quantitative estimate of drug-likeness (QED) is 0.716. The molecule has 1 heterocycles. The average molecular weight is 407 g/mol. The molecule has 0 unspecified atom stereocenters. The molecule has 27 heavy (non-hydrogen) atoms. The summed E-state index contributed by atoms with van der Waals surface area (Å²) in [5, 5.41) is 0.617. The zero-order chi connectivity index (χ0) is 19.3. The van der Waals surface area contributed by atoms with Crippen LogP contribution in [0.25, 0.3) is 0 Å². The van der Waals surface area contributed by atoms with E-state index in [4.69, 9.17) is 11.6 Å². The van der Waals surface area contributed by atoms with Crippen LogP contribution in [0.4, 0.5) is 0 Å². The number of sulfonamides is 1. The van der Waals surface area contributed by atoms with E-state index in [1.807, 2.05) is 0 Å². The first-order valence-electron chi connectivity index (χ1n) is 9.02. The second kappa shape index (κ2) is 8.97. The maximum atomic E-state index is 12.4. The minimum Gasteiger partial charge on any atom is -0.303 e. The lowest BCUT2D eigenvalue weighted by molar-refractivity contribution is 0.0956. The van der Waals surface area contributed by atoms with Crippen molar-refractivity contribution in [1.82, 2.24) is 9.62 Å². The average Bonchev–Trinajstić information content (AvgIpc) is 2.68. The highest BCUT2D eigenvalue weighted by atomic mass is 35.5. The molecule has 0 radical (unpaired) electrons. The largest absolute Gasteiger partial charge is 0.303 e. The van der Waals surface area contributed by atoms with Gasteiger partial charge in [-0.3, -0.25) is 4.79 Å². The molecular formula is C20H23ClN2O3S. The third-order valence-electron chi connectivity index (χ3n) is 4.78. The number of carbonyl (C=O) groups excluding carboxylic acids is 1. The second-order valence-electron chi connectivity index (χ2n) is 6.73. The molecule has 0 spiro atoms. The summed E-state index contributed by atoms with van der Waals surface area (Å²) < 4.78 is 27.6. The van der Waals surface area contributed by atoms with Crippen molar-refractivity contribution in [1.29, 1.82) is 0 Å². The molecule has 3 rings (SSSR count). The highest BCUT2D eigenvalue weighted by Crippen LogP contribution is 2.16. The number of ketones is 1. The summed E-state index contributed by atoms with van der Waals surface area (Å²) in [6, 6.07) is 15.3. The van der Waals surface area contributed by atoms with Crippen molar-refractivity contribution in [3.05, 3.63) is 65.2 Å². The highest BCUT2D eigenvalue weighted by Gasteiger charge is 2.24. The number of benzene rings is 2. The monoisotopic (exact) mass is 406 g/mol. The fraction of sp³-hybridized carbons (Fsp3) is 0.350. The predicted octanol–water partition coefficient (Wildman–Crippen LogP) is 3.36. The fourth-order valence-corrected chi connectivity index (χ4v) is 4.65. The summed E-state index contributed by atoms with van der Waals surface area (Å²) in [7, 11) is -3.48. The van der Waals surface area contributed by atoms with Crippen molar-refractivity contribution in [2.45, 2.75) is 30.2 Å². The Kier molecular flexibility index (Phi) is 6.65. The fourth-order valence-electron chi connectivity index (χ4n) is 3.20. The van der Waals surface area contributed by atoms with Gasteiger partial charge in [0.15, 0.2) is 5.78 Å². The van der Waals surface area contributed by atoms with Crippen LogP contribution in [0, 0.1) is 0 Å². The van der Waals surface area contributed by atoms with E-state index in [0.29, 0.717) is 28.4 Å². The van der Waals surface area contributed by atoms with Gasteiger partial charge in [0.25, 0.3) is 0 Å². The number of hydrogen-bond donors (Lipinski definition) is 1. The smallest absolute Gasteiger partial charge is 0.240 e. The summed E-state index contributed by atoms with van der Waals surface area (Å²) in [6.07, 6.45) is 1.92. The van der Waals surface area contributed by atoms with E-state index in [2.05, 4.69) is 9.62 Å². The SMILES string of the molecule is O=C(CCN1CCC(NS(=O)(=O)c2ccccc2)CC1)c1ccc(Cl)cc1. The van der Waals surface area contributed by atoms with E-state index in [0.717, 1.165) is 25.9 Å². The Bertz CT molecular complexity index is 862. The molecule has 1 saturated heterocycles. The molecule has 1 aliphatic heterocycles. The van der Waals surface area contributed by atoms with Gasteiger partial charge in [-0.15, -0.1) is 0 Å². The van der Waals surface area contributed by atoms with Crippen molar-refractivity contribution in [3.63, 3.8) is 0 Å². The number of Topliss-reactive ketones (excluding diaryl/α,β-unsaturated/α-hetero) is 1. The Morgan fingerprint density at radius 3 is 2.30 bits per heavy atom. The molecule has 0 bridgehead atoms. The first-order chi connectivity index (χ1) is 12.9. The predicted molar refractivity (Wildman–Crippen MR) is 107 cm³/mol. The van der Waals surface area contributed by atoms with Crippen LogP contribution in [0.15, 0.2) is 59.5 Å². The molecule has 1 fully saturated rings. The van der Waals surface area contributed by atoms with Crippen LogP contribution in [-0.2, 0) is 10.0 Å². The van der Waals surface area contributed by atoms with Crippen molar-refractivity contribution < 1.29 is 13.2 Å². The standard InChI is InChI=1S/C20H23ClN2O3S/c21-17-8-6-16(7-9-17)20(24)12-15-23-13-10-18(11-14-23)22-27(25,26)19-4-2-1-3-5-19/h1-9,18,22H,10-15H2. The topological polar surface area (TPSA) is 66.5 Å². The first kappa shape index (κ1) is 20.0. The van der Waals surface area contributed by atoms with Gasteiger partial charge < -0.3 is 4.90 Å². The van der Waals surface area contributed by atoms with Crippen LogP contribution in [0.3, 0.4) is 0 Å². The Labute approximate surface area is 165 Å². The first-order valence-corrected chi connectivity index (χ1v) is 10.9. The molecule has 0 aliphatic carbocycles. The number of carbonyl (C=O) groups is 1. The summed E-state index contributed by atoms with van der Waals surface area (Å²) >= 11 is 5.85. The van der Waals surface area contributed by atoms with E-state index in [1.165, 1.54) is 0 Å². The van der Waals surface area contributed by atoms with Crippen molar-refractivity contribution in [2.75, 3.05) is 19.6 Å². The molecule has 0 saturated carbocycles. The zero-order valence-electron chi connectivity index (χ0n) is 15.0. The Balaban J connectivity index is 1.45. The minimum absolute atomic E-state index is 0.0709. The van der Waals surface area contributed by atoms with Crippen molar-refractivity contribution in [3.8, 4) is 0 Å². The van der Waals surface area contributed by atoms with Gasteiger partial charge in [0.2, 0.25) is 10.0 Å². The highest BCUT2D eigenvalue weighted by molar-refractivity contribution is 7.89. The van der Waals surface area contributed by atoms with Crippen LogP contribution in [0.1, 0.15) is 29.6 Å². The molecule has 0 atom stereocenters. The van der Waals surface area contributed by atoms with Gasteiger partial charge in [-0.1, -0.05) is 29.8 Å². The van der Waals surface area contributed by atoms with Crippen molar-refractivity contribution >= 4 is 27.4 Å². The Morgan fingerprint density at radius 1 is 1.04 bits per heavy atom. The molecule has 0 aromatic heterocycles. The van der Waals surface area contributed by atoms with E-state index in [1.54, 1.807) is 54.6 Å². The Morgan fingerprint density at radius 2 is 1.67 bits per heavy atom. The normalized spacial score (nSPS) is 16.3. The number of nitrogens with zero attached hydrogens (tertiary/aromatic N) is 1. The van der Waals surface area contributed by atoms with Gasteiger partial charge in [-0.25, -0.2) is 13.1 Å². The van der Waals surface area contributed by atoms with Gasteiger partial charge in [-0.2, -0.15) is 0 Å². The molecule has 144 valence electrons. The van der Waals surface area contributed by atoms with Crippen LogP contribution >= 0.6 is 11.6 Å². The van der Waals surface area contributed by atoms with E-state index in [-0.39, 0.29) is 11.8 Å². The maximum absolute atomic E-state index is 12.4. The third-order valence-corrected chi connectivity index (χ3v) is 6.57. The zero-order valence-corrected chi connectivity index (χ0v) is 16.5. The second-order valence-corrected chi connectivity index (χ2v) is 8.88. The lowest BCUT2D eigenvalue weighted by Crippen LogP contribution is -2.45. The lowest BCUT2D eigenvalue weighted by Gasteiger charge is -2.32. The molecule has 1 aliphatic rings. The molecule has 7 heteroatoms. The Hall–Kier alpha value is -1.73. The van der Waals surface area contributed by atoms with E-state index < -0.39 is 10.0 Å². The summed E-state index contributed by atoms with van der Waals surface area (Å²) in [6.45, 7) is 2.23. The van der Waals surface area contributed by atoms with Gasteiger partial charge in [-0.05, 0) is 62.3 Å². The maximum Gasteiger partial charge on any atom is 0.240 e. The van der Waals surface area contributed by atoms with Crippen LogP contribution in [-0.4, -0.2) is 44.8 Å². The van der Waals surface area contributed by atoms with Crippen LogP contribution in [0.2, 0.25) is 5.02 Å². The number of hydrogen-bond acceptors (Lipinski definition) is 4. The van der Waals surface area contributed by atoms with E-state index in [9.17, 15) is 13.2 Å². The molecule has 0 amide bonds. The van der Waals surface area contributed by atoms with Crippen molar-refractivity contribution in [2.24, 2.45) is 0 Å². The number of nitrogens with one attached hydrogen (secondary N) is 1. The molecular weight excluding hydrogens is 384 g/mol. The summed E-state index contributed by atoms with van der Waals surface area (Å²) in [5.74, 6) is 0.0959. The third kappa shape index (κ3) is 5.62. The number of rotatable bonds is 7. The number of likely N-dealkylation sites (tertiary alicyclic amines) is 1. The van der Waals surface area contributed by atoms with Gasteiger partial charge >= 0.3 is 0 Å². The lowest BCUT2D eigenvalue weighted by atomic mass is 10.0. The number of piperidine rings is 1. The van der Waals surface area contributed by atoms with E-state index >= 15 is 0 Å². The van der Waals surface area contributed by atoms with Gasteiger partial charge in [0.05, 0.1) is 4.90 Å². The molecule has 5 nitrogen and oxygen atoms in total. The van der Waals surface area contributed by atoms with Crippen LogP contribution < -0.4 is 4.72 Å².